The Morgan fingerprint density at radius 1 is 1.32 bits per heavy atom. The van der Waals surface area contributed by atoms with Crippen molar-refractivity contribution in [3.05, 3.63) is 36.0 Å². The summed E-state index contributed by atoms with van der Waals surface area (Å²) in [6.45, 7) is 0.430. The molecular formula is C13H14N4OS. The minimum Gasteiger partial charge on any atom is -0.389 e. The Kier molecular flexibility index (Phi) is 3.91. The first-order valence-corrected chi connectivity index (χ1v) is 6.20. The predicted octanol–water partition coefficient (Wildman–Crippen LogP) is 1.16. The lowest BCUT2D eigenvalue weighted by Crippen LogP contribution is -2.18. The molecule has 1 aromatic carbocycles. The molecule has 0 atom stereocenters. The van der Waals surface area contributed by atoms with Gasteiger partial charge in [-0.3, -0.25) is 9.78 Å². The van der Waals surface area contributed by atoms with Crippen molar-refractivity contribution >= 4 is 39.7 Å². The van der Waals surface area contributed by atoms with Gasteiger partial charge in [0.25, 0.3) is 0 Å². The number of amides is 1. The zero-order chi connectivity index (χ0) is 13.8. The number of hydrogen-bond donors (Lipinski definition) is 3. The fourth-order valence-electron chi connectivity index (χ4n) is 1.83. The maximum Gasteiger partial charge on any atom is 0.219 e. The number of nitrogens with two attached hydrogens (primary N) is 2. The van der Waals surface area contributed by atoms with E-state index in [0.717, 1.165) is 16.6 Å². The van der Waals surface area contributed by atoms with Crippen molar-refractivity contribution in [2.24, 2.45) is 11.5 Å². The number of nitrogens with one attached hydrogen (secondary N) is 1. The van der Waals surface area contributed by atoms with Gasteiger partial charge in [-0.15, -0.1) is 0 Å². The standard InChI is InChI=1S/C13H14N4OS/c14-11(18)5-6-16-12-8-3-1-2-4-10(8)17-7-9(12)13(15)19/h1-4,7H,5-6H2,(H2,14,18)(H2,15,19)(H,16,17). The summed E-state index contributed by atoms with van der Waals surface area (Å²) in [6.07, 6.45) is 1.88. The van der Waals surface area contributed by atoms with Gasteiger partial charge in [0.2, 0.25) is 5.91 Å². The molecule has 0 saturated heterocycles. The lowest BCUT2D eigenvalue weighted by molar-refractivity contribution is -0.117. The highest BCUT2D eigenvalue weighted by Crippen LogP contribution is 2.25. The number of fused-ring (bicyclic) bond motifs is 1. The molecule has 19 heavy (non-hydrogen) atoms. The highest BCUT2D eigenvalue weighted by molar-refractivity contribution is 7.80. The van der Waals surface area contributed by atoms with Crippen molar-refractivity contribution in [2.75, 3.05) is 11.9 Å². The van der Waals surface area contributed by atoms with Gasteiger partial charge in [0, 0.05) is 24.5 Å². The molecule has 1 aromatic heterocycles. The second-order valence-electron chi connectivity index (χ2n) is 4.07. The molecule has 0 saturated carbocycles. The summed E-state index contributed by atoms with van der Waals surface area (Å²) in [6, 6.07) is 7.64. The van der Waals surface area contributed by atoms with Crippen LogP contribution in [0.25, 0.3) is 10.9 Å². The average molecular weight is 274 g/mol. The molecule has 0 bridgehead atoms. The quantitative estimate of drug-likeness (QED) is 0.711. The van der Waals surface area contributed by atoms with Gasteiger partial charge in [0.05, 0.1) is 16.8 Å². The lowest BCUT2D eigenvalue weighted by Gasteiger charge is -2.13. The third kappa shape index (κ3) is 2.97. The maximum atomic E-state index is 10.8. The summed E-state index contributed by atoms with van der Waals surface area (Å²) in [7, 11) is 0. The van der Waals surface area contributed by atoms with Crippen LogP contribution in [-0.2, 0) is 4.79 Å². The monoisotopic (exact) mass is 274 g/mol. The SMILES string of the molecule is NC(=O)CCNc1c(C(N)=S)cnc2ccccc12. The van der Waals surface area contributed by atoms with Crippen LogP contribution < -0.4 is 16.8 Å². The zero-order valence-corrected chi connectivity index (χ0v) is 11.0. The van der Waals surface area contributed by atoms with E-state index in [-0.39, 0.29) is 17.3 Å². The fraction of sp³-hybridized carbons (Fsp3) is 0.154. The van der Waals surface area contributed by atoms with Crippen LogP contribution in [0, 0.1) is 0 Å². The largest absolute Gasteiger partial charge is 0.389 e. The number of rotatable bonds is 5. The molecule has 0 aliphatic rings. The van der Waals surface area contributed by atoms with Crippen LogP contribution in [0.3, 0.4) is 0 Å². The van der Waals surface area contributed by atoms with E-state index in [1.807, 2.05) is 24.3 Å². The Morgan fingerprint density at radius 2 is 2.05 bits per heavy atom. The van der Waals surface area contributed by atoms with Gasteiger partial charge in [0.15, 0.2) is 0 Å². The van der Waals surface area contributed by atoms with Crippen LogP contribution in [0.4, 0.5) is 5.69 Å². The van der Waals surface area contributed by atoms with Gasteiger partial charge in [-0.2, -0.15) is 0 Å². The zero-order valence-electron chi connectivity index (χ0n) is 10.2. The van der Waals surface area contributed by atoms with Crippen molar-refractivity contribution in [3.63, 3.8) is 0 Å². The minimum atomic E-state index is -0.359. The molecule has 6 heteroatoms. The fourth-order valence-corrected chi connectivity index (χ4v) is 1.98. The van der Waals surface area contributed by atoms with Crippen LogP contribution in [0.15, 0.2) is 30.5 Å². The first kappa shape index (κ1) is 13.2. The average Bonchev–Trinajstić information content (AvgIpc) is 2.38. The van der Waals surface area contributed by atoms with Gasteiger partial charge in [-0.25, -0.2) is 0 Å². The smallest absolute Gasteiger partial charge is 0.219 e. The molecule has 0 spiro atoms. The van der Waals surface area contributed by atoms with E-state index in [9.17, 15) is 4.79 Å². The summed E-state index contributed by atoms with van der Waals surface area (Å²) >= 11 is 5.02. The van der Waals surface area contributed by atoms with Gasteiger partial charge in [-0.1, -0.05) is 30.4 Å². The lowest BCUT2D eigenvalue weighted by atomic mass is 10.1. The Labute approximate surface area is 116 Å². The Hall–Kier alpha value is -2.21. The number of anilines is 1. The molecule has 0 fully saturated rings. The third-order valence-corrected chi connectivity index (χ3v) is 2.93. The molecule has 2 rings (SSSR count). The first-order chi connectivity index (χ1) is 9.09. The number of pyridine rings is 1. The number of benzene rings is 1. The van der Waals surface area contributed by atoms with Gasteiger partial charge >= 0.3 is 0 Å². The maximum absolute atomic E-state index is 10.8. The number of nitrogens with zero attached hydrogens (tertiary/aromatic N) is 1. The van der Waals surface area contributed by atoms with Crippen LogP contribution in [0.2, 0.25) is 0 Å². The van der Waals surface area contributed by atoms with Crippen LogP contribution in [-0.4, -0.2) is 22.4 Å². The Bertz CT molecular complexity index is 642. The highest BCUT2D eigenvalue weighted by atomic mass is 32.1. The van der Waals surface area contributed by atoms with Crippen molar-refractivity contribution in [2.45, 2.75) is 6.42 Å². The van der Waals surface area contributed by atoms with E-state index in [4.69, 9.17) is 23.7 Å². The summed E-state index contributed by atoms with van der Waals surface area (Å²) in [5, 5.41) is 4.07. The Balaban J connectivity index is 2.43. The normalized spacial score (nSPS) is 10.3. The molecule has 5 nitrogen and oxygen atoms in total. The van der Waals surface area contributed by atoms with Crippen LogP contribution in [0.5, 0.6) is 0 Å². The summed E-state index contributed by atoms with van der Waals surface area (Å²) < 4.78 is 0. The molecule has 1 amide bonds. The second-order valence-corrected chi connectivity index (χ2v) is 4.51. The molecule has 0 aliphatic heterocycles. The minimum absolute atomic E-state index is 0.243. The number of para-hydroxylation sites is 1. The van der Waals surface area contributed by atoms with Crippen molar-refractivity contribution in [1.82, 2.24) is 4.98 Å². The molecule has 1 heterocycles. The van der Waals surface area contributed by atoms with Gasteiger partial charge in [0.1, 0.15) is 4.99 Å². The van der Waals surface area contributed by atoms with E-state index in [1.54, 1.807) is 6.20 Å². The molecule has 0 unspecified atom stereocenters. The first-order valence-electron chi connectivity index (χ1n) is 5.79. The van der Waals surface area contributed by atoms with E-state index in [2.05, 4.69) is 10.3 Å². The molecule has 2 aromatic rings. The number of aromatic nitrogens is 1. The molecule has 0 aliphatic carbocycles. The summed E-state index contributed by atoms with van der Waals surface area (Å²) in [5.74, 6) is -0.359. The predicted molar refractivity (Wildman–Crippen MR) is 79.9 cm³/mol. The topological polar surface area (TPSA) is 94.0 Å². The van der Waals surface area contributed by atoms with Crippen molar-refractivity contribution in [1.29, 1.82) is 0 Å². The second kappa shape index (κ2) is 5.62. The molecule has 5 N–H and O–H groups in total. The van der Waals surface area contributed by atoms with E-state index < -0.39 is 0 Å². The van der Waals surface area contributed by atoms with Crippen molar-refractivity contribution < 1.29 is 4.79 Å². The van der Waals surface area contributed by atoms with Crippen LogP contribution in [0.1, 0.15) is 12.0 Å². The molecule has 98 valence electrons. The van der Waals surface area contributed by atoms with E-state index >= 15 is 0 Å². The third-order valence-electron chi connectivity index (χ3n) is 2.71. The molecular weight excluding hydrogens is 260 g/mol. The summed E-state index contributed by atoms with van der Waals surface area (Å²) in [4.78, 5) is 15.4. The number of carbonyl (C=O) groups excluding carboxylic acids is 1. The number of hydrogen-bond acceptors (Lipinski definition) is 4. The van der Waals surface area contributed by atoms with Gasteiger partial charge in [-0.05, 0) is 6.07 Å². The van der Waals surface area contributed by atoms with Crippen LogP contribution >= 0.6 is 12.2 Å². The summed E-state index contributed by atoms with van der Waals surface area (Å²) in [5.41, 5.74) is 13.1. The van der Waals surface area contributed by atoms with E-state index in [1.165, 1.54) is 0 Å². The number of primary amides is 1. The highest BCUT2D eigenvalue weighted by Gasteiger charge is 2.10. The Morgan fingerprint density at radius 3 is 2.74 bits per heavy atom. The number of thiocarbonyl (C=S) groups is 1. The molecule has 0 radical (unpaired) electrons. The van der Waals surface area contributed by atoms with Crippen molar-refractivity contribution in [3.8, 4) is 0 Å². The number of carbonyl (C=O) groups is 1. The van der Waals surface area contributed by atoms with E-state index in [0.29, 0.717) is 12.1 Å². The van der Waals surface area contributed by atoms with Gasteiger partial charge < -0.3 is 16.8 Å².